The van der Waals surface area contributed by atoms with Gasteiger partial charge in [0.2, 0.25) is 0 Å². The molecule has 6 rings (SSSR count). The van der Waals surface area contributed by atoms with E-state index >= 15 is 0 Å². The molecule has 2 atom stereocenters. The third kappa shape index (κ3) is 3.59. The summed E-state index contributed by atoms with van der Waals surface area (Å²) in [5.74, 6) is -0.934. The SMILES string of the molecule is C[C@H]1Cc2cc(C(O)=C3C(=O)C(=O)N(c4nc5ccc(Cl)cc5s4)[C@H]3c3ccccc3)ccc2O1. The highest BCUT2D eigenvalue weighted by molar-refractivity contribution is 7.22. The van der Waals surface area contributed by atoms with E-state index in [1.807, 2.05) is 43.3 Å². The van der Waals surface area contributed by atoms with Crippen LogP contribution in [0.4, 0.5) is 5.13 Å². The van der Waals surface area contributed by atoms with E-state index in [0.29, 0.717) is 33.2 Å². The summed E-state index contributed by atoms with van der Waals surface area (Å²) in [4.78, 5) is 32.7. The van der Waals surface area contributed by atoms with Gasteiger partial charge in [0, 0.05) is 17.0 Å². The molecular weight excluding hydrogens is 484 g/mol. The lowest BCUT2D eigenvalue weighted by molar-refractivity contribution is -0.132. The number of fused-ring (bicyclic) bond motifs is 2. The highest BCUT2D eigenvalue weighted by Crippen LogP contribution is 2.45. The standard InChI is InChI=1S/C27H19ClN2O4S/c1-14-11-17-12-16(7-10-20(17)34-14)24(31)22-23(15-5-3-2-4-6-15)30(26(33)25(22)32)27-29-19-9-8-18(28)13-21(19)35-27/h2-10,12-14,23,31H,11H2,1H3/t14-,23-/m0/s1. The number of carbonyl (C=O) groups excluding carboxylic acids is 2. The molecule has 1 aromatic heterocycles. The van der Waals surface area contributed by atoms with Gasteiger partial charge in [0.1, 0.15) is 17.6 Å². The lowest BCUT2D eigenvalue weighted by atomic mass is 9.94. The number of rotatable bonds is 3. The van der Waals surface area contributed by atoms with Crippen LogP contribution in [0, 0.1) is 0 Å². The molecule has 0 saturated carbocycles. The summed E-state index contributed by atoms with van der Waals surface area (Å²) in [5, 5.41) is 12.3. The zero-order valence-corrected chi connectivity index (χ0v) is 20.1. The van der Waals surface area contributed by atoms with Gasteiger partial charge in [-0.1, -0.05) is 53.3 Å². The monoisotopic (exact) mass is 502 g/mol. The number of amides is 1. The zero-order chi connectivity index (χ0) is 24.3. The number of benzene rings is 3. The highest BCUT2D eigenvalue weighted by atomic mass is 35.5. The molecule has 2 aliphatic heterocycles. The third-order valence-corrected chi connectivity index (χ3v) is 7.53. The number of aromatic nitrogens is 1. The average Bonchev–Trinajstić information content (AvgIpc) is 3.51. The molecule has 4 aromatic rings. The topological polar surface area (TPSA) is 79.7 Å². The first-order valence-electron chi connectivity index (χ1n) is 11.1. The molecule has 0 spiro atoms. The number of nitrogens with zero attached hydrogens (tertiary/aromatic N) is 2. The van der Waals surface area contributed by atoms with Gasteiger partial charge in [-0.05, 0) is 54.4 Å². The quantitative estimate of drug-likeness (QED) is 0.214. The maximum Gasteiger partial charge on any atom is 0.301 e. The summed E-state index contributed by atoms with van der Waals surface area (Å²) < 4.78 is 6.56. The highest BCUT2D eigenvalue weighted by Gasteiger charge is 2.48. The molecule has 3 aromatic carbocycles. The Morgan fingerprint density at radius 3 is 2.71 bits per heavy atom. The lowest BCUT2D eigenvalue weighted by Gasteiger charge is -2.23. The van der Waals surface area contributed by atoms with Crippen molar-refractivity contribution >= 4 is 55.7 Å². The Labute approximate surface area is 210 Å². The Hall–Kier alpha value is -3.68. The molecule has 35 heavy (non-hydrogen) atoms. The Bertz CT molecular complexity index is 1550. The van der Waals surface area contributed by atoms with E-state index in [1.165, 1.54) is 16.2 Å². The van der Waals surface area contributed by atoms with Gasteiger partial charge in [-0.25, -0.2) is 4.98 Å². The lowest BCUT2D eigenvalue weighted by Crippen LogP contribution is -2.29. The fourth-order valence-corrected chi connectivity index (χ4v) is 5.96. The Morgan fingerprint density at radius 2 is 1.91 bits per heavy atom. The third-order valence-electron chi connectivity index (χ3n) is 6.27. The normalized spacial score (nSPS) is 20.9. The number of carbonyl (C=O) groups is 2. The predicted octanol–water partition coefficient (Wildman–Crippen LogP) is 5.90. The summed E-state index contributed by atoms with van der Waals surface area (Å²) in [5.41, 5.74) is 2.83. The van der Waals surface area contributed by atoms with E-state index in [0.717, 1.165) is 16.0 Å². The Balaban J connectivity index is 1.53. The van der Waals surface area contributed by atoms with E-state index in [4.69, 9.17) is 16.3 Å². The van der Waals surface area contributed by atoms with Crippen molar-refractivity contribution < 1.29 is 19.4 Å². The molecule has 1 saturated heterocycles. The minimum absolute atomic E-state index is 0.0328. The second-order valence-electron chi connectivity index (χ2n) is 8.64. The van der Waals surface area contributed by atoms with E-state index in [1.54, 1.807) is 30.3 Å². The summed E-state index contributed by atoms with van der Waals surface area (Å²) in [6.07, 6.45) is 0.756. The molecule has 0 bridgehead atoms. The molecule has 1 N–H and O–H groups in total. The van der Waals surface area contributed by atoms with E-state index in [9.17, 15) is 14.7 Å². The van der Waals surface area contributed by atoms with Crippen LogP contribution in [0.15, 0.2) is 72.3 Å². The number of aliphatic hydroxyl groups is 1. The fraction of sp³-hybridized carbons (Fsp3) is 0.148. The molecule has 6 nitrogen and oxygen atoms in total. The van der Waals surface area contributed by atoms with Gasteiger partial charge >= 0.3 is 5.91 Å². The number of halogens is 1. The van der Waals surface area contributed by atoms with Crippen LogP contribution < -0.4 is 9.64 Å². The van der Waals surface area contributed by atoms with Crippen molar-refractivity contribution in [3.8, 4) is 5.75 Å². The molecule has 174 valence electrons. The zero-order valence-electron chi connectivity index (χ0n) is 18.6. The number of hydrogen-bond donors (Lipinski definition) is 1. The number of thiazole rings is 1. The maximum absolute atomic E-state index is 13.4. The molecule has 0 radical (unpaired) electrons. The van der Waals surface area contributed by atoms with Gasteiger partial charge in [0.05, 0.1) is 21.8 Å². The van der Waals surface area contributed by atoms with Gasteiger partial charge in [0.15, 0.2) is 5.13 Å². The van der Waals surface area contributed by atoms with Crippen LogP contribution >= 0.6 is 22.9 Å². The number of hydrogen-bond acceptors (Lipinski definition) is 6. The first-order chi connectivity index (χ1) is 16.9. The Morgan fingerprint density at radius 1 is 1.11 bits per heavy atom. The molecule has 0 unspecified atom stereocenters. The minimum Gasteiger partial charge on any atom is -0.507 e. The maximum atomic E-state index is 13.4. The summed E-state index contributed by atoms with van der Waals surface area (Å²) >= 11 is 7.42. The van der Waals surface area contributed by atoms with Crippen molar-refractivity contribution in [3.05, 3.63) is 94.0 Å². The van der Waals surface area contributed by atoms with Crippen molar-refractivity contribution in [2.24, 2.45) is 0 Å². The van der Waals surface area contributed by atoms with Crippen molar-refractivity contribution in [2.45, 2.75) is 25.5 Å². The van der Waals surface area contributed by atoms with Crippen molar-refractivity contribution in [1.82, 2.24) is 4.98 Å². The number of aliphatic hydroxyl groups excluding tert-OH is 1. The number of ether oxygens (including phenoxy) is 1. The predicted molar refractivity (Wildman–Crippen MR) is 136 cm³/mol. The summed E-state index contributed by atoms with van der Waals surface area (Å²) in [6, 6.07) is 19.0. The van der Waals surface area contributed by atoms with Gasteiger partial charge in [-0.3, -0.25) is 14.5 Å². The molecule has 1 fully saturated rings. The van der Waals surface area contributed by atoms with Gasteiger partial charge in [-0.15, -0.1) is 0 Å². The molecular formula is C27H19ClN2O4S. The molecule has 3 heterocycles. The van der Waals surface area contributed by atoms with Crippen molar-refractivity contribution in [3.63, 3.8) is 0 Å². The smallest absolute Gasteiger partial charge is 0.301 e. The van der Waals surface area contributed by atoms with Crippen molar-refractivity contribution in [2.75, 3.05) is 4.90 Å². The number of ketones is 1. The van der Waals surface area contributed by atoms with Crippen LogP contribution in [0.3, 0.4) is 0 Å². The molecule has 2 aliphatic rings. The second-order valence-corrected chi connectivity index (χ2v) is 10.1. The first kappa shape index (κ1) is 21.8. The van der Waals surface area contributed by atoms with Crippen LogP contribution in [0.25, 0.3) is 16.0 Å². The minimum atomic E-state index is -0.823. The van der Waals surface area contributed by atoms with Crippen LogP contribution in [0.1, 0.15) is 29.7 Å². The van der Waals surface area contributed by atoms with Crippen LogP contribution in [0.5, 0.6) is 5.75 Å². The van der Waals surface area contributed by atoms with E-state index in [2.05, 4.69) is 4.98 Å². The van der Waals surface area contributed by atoms with Gasteiger partial charge in [-0.2, -0.15) is 0 Å². The number of anilines is 1. The second kappa shape index (κ2) is 8.22. The van der Waals surface area contributed by atoms with E-state index in [-0.39, 0.29) is 17.4 Å². The average molecular weight is 503 g/mol. The summed E-state index contributed by atoms with van der Waals surface area (Å²) in [6.45, 7) is 1.98. The first-order valence-corrected chi connectivity index (χ1v) is 12.3. The molecule has 0 aliphatic carbocycles. The van der Waals surface area contributed by atoms with Crippen LogP contribution in [-0.2, 0) is 16.0 Å². The van der Waals surface area contributed by atoms with Gasteiger partial charge < -0.3 is 9.84 Å². The molecule has 8 heteroatoms. The van der Waals surface area contributed by atoms with Crippen LogP contribution in [-0.4, -0.2) is 27.9 Å². The van der Waals surface area contributed by atoms with Gasteiger partial charge in [0.25, 0.3) is 5.78 Å². The molecule has 1 amide bonds. The number of Topliss-reactive ketones (excluding diaryl/α,β-unsaturated/α-hetero) is 1. The van der Waals surface area contributed by atoms with Crippen LogP contribution in [0.2, 0.25) is 5.02 Å². The largest absolute Gasteiger partial charge is 0.507 e. The fourth-order valence-electron chi connectivity index (χ4n) is 4.69. The summed E-state index contributed by atoms with van der Waals surface area (Å²) in [7, 11) is 0. The Kier molecular flexibility index (Phi) is 5.12. The van der Waals surface area contributed by atoms with E-state index < -0.39 is 17.7 Å². The van der Waals surface area contributed by atoms with Crippen molar-refractivity contribution in [1.29, 1.82) is 0 Å².